The molecule has 1 atom stereocenters. The molecule has 18 heavy (non-hydrogen) atoms. The topological polar surface area (TPSA) is 35.5 Å². The molecule has 0 aliphatic rings. The monoisotopic (exact) mass is 268 g/mol. The van der Waals surface area contributed by atoms with Crippen molar-refractivity contribution in [2.75, 3.05) is 14.2 Å². The Morgan fingerprint density at radius 2 is 1.94 bits per heavy atom. The molecule has 0 N–H and O–H groups in total. The largest absolute Gasteiger partial charge is 0.496 e. The summed E-state index contributed by atoms with van der Waals surface area (Å²) in [6, 6.07) is 5.92. The Hall–Kier alpha value is -1.16. The minimum absolute atomic E-state index is 0.177. The molecule has 0 amide bonds. The quantitative estimate of drug-likeness (QED) is 0.606. The number of esters is 1. The lowest BCUT2D eigenvalue weighted by Crippen LogP contribution is -2.24. The van der Waals surface area contributed by atoms with Crippen molar-refractivity contribution in [1.82, 2.24) is 0 Å². The Morgan fingerprint density at radius 3 is 2.39 bits per heavy atom. The lowest BCUT2D eigenvalue weighted by molar-refractivity contribution is -0.140. The average Bonchev–Trinajstić information content (AvgIpc) is 2.35. The van der Waals surface area contributed by atoms with Gasteiger partial charge in [-0.05, 0) is 36.6 Å². The Balaban J connectivity index is 2.87. The predicted octanol–water partition coefficient (Wildman–Crippen LogP) is 3.29. The van der Waals surface area contributed by atoms with Gasteiger partial charge in [-0.15, -0.1) is 11.8 Å². The van der Waals surface area contributed by atoms with Gasteiger partial charge in [0.2, 0.25) is 0 Å². The van der Waals surface area contributed by atoms with Gasteiger partial charge in [-0.1, -0.05) is 13.8 Å². The van der Waals surface area contributed by atoms with Crippen LogP contribution in [-0.2, 0) is 9.53 Å². The van der Waals surface area contributed by atoms with Crippen molar-refractivity contribution in [2.45, 2.75) is 30.9 Å². The summed E-state index contributed by atoms with van der Waals surface area (Å²) in [5, 5.41) is -0.178. The smallest absolute Gasteiger partial charge is 0.319 e. The maximum absolute atomic E-state index is 11.7. The molecule has 100 valence electrons. The van der Waals surface area contributed by atoms with E-state index in [0.717, 1.165) is 16.2 Å². The van der Waals surface area contributed by atoms with E-state index in [2.05, 4.69) is 0 Å². The molecule has 0 aliphatic carbocycles. The average molecular weight is 268 g/mol. The SMILES string of the molecule is COC(=O)C(Sc1ccc(OC)c(C)c1)C(C)C. The predicted molar refractivity (Wildman–Crippen MR) is 74.2 cm³/mol. The molecule has 0 aliphatic heterocycles. The summed E-state index contributed by atoms with van der Waals surface area (Å²) in [6.07, 6.45) is 0. The van der Waals surface area contributed by atoms with Crippen LogP contribution in [-0.4, -0.2) is 25.4 Å². The number of hydrogen-bond donors (Lipinski definition) is 0. The first-order chi connectivity index (χ1) is 8.49. The van der Waals surface area contributed by atoms with Crippen molar-refractivity contribution in [1.29, 1.82) is 0 Å². The van der Waals surface area contributed by atoms with Gasteiger partial charge in [-0.25, -0.2) is 0 Å². The van der Waals surface area contributed by atoms with Crippen LogP contribution in [0.25, 0.3) is 0 Å². The Morgan fingerprint density at radius 1 is 1.28 bits per heavy atom. The minimum atomic E-state index is -0.178. The van der Waals surface area contributed by atoms with Crippen molar-refractivity contribution in [3.63, 3.8) is 0 Å². The van der Waals surface area contributed by atoms with Crippen molar-refractivity contribution >= 4 is 17.7 Å². The molecular weight excluding hydrogens is 248 g/mol. The van der Waals surface area contributed by atoms with Crippen LogP contribution in [0.3, 0.4) is 0 Å². The van der Waals surface area contributed by atoms with Gasteiger partial charge in [0.15, 0.2) is 0 Å². The number of methoxy groups -OCH3 is 2. The summed E-state index contributed by atoms with van der Waals surface area (Å²) < 4.78 is 10.1. The Kier molecular flexibility index (Phi) is 5.54. The van der Waals surface area contributed by atoms with E-state index in [-0.39, 0.29) is 17.1 Å². The summed E-state index contributed by atoms with van der Waals surface area (Å²) in [4.78, 5) is 12.8. The third-order valence-corrected chi connectivity index (χ3v) is 4.19. The van der Waals surface area contributed by atoms with E-state index in [4.69, 9.17) is 9.47 Å². The fraction of sp³-hybridized carbons (Fsp3) is 0.500. The van der Waals surface area contributed by atoms with Crippen LogP contribution in [0, 0.1) is 12.8 Å². The number of ether oxygens (including phenoxy) is 2. The zero-order chi connectivity index (χ0) is 13.7. The zero-order valence-corrected chi connectivity index (χ0v) is 12.3. The second-order valence-electron chi connectivity index (χ2n) is 4.44. The van der Waals surface area contributed by atoms with Crippen LogP contribution in [0.1, 0.15) is 19.4 Å². The molecule has 0 bridgehead atoms. The number of thioether (sulfide) groups is 1. The van der Waals surface area contributed by atoms with Gasteiger partial charge in [-0.3, -0.25) is 4.79 Å². The van der Waals surface area contributed by atoms with E-state index < -0.39 is 0 Å². The highest BCUT2D eigenvalue weighted by Gasteiger charge is 2.24. The molecule has 0 aromatic heterocycles. The molecule has 0 fully saturated rings. The number of rotatable bonds is 5. The molecule has 0 saturated carbocycles. The van der Waals surface area contributed by atoms with Crippen LogP contribution < -0.4 is 4.74 Å². The van der Waals surface area contributed by atoms with Crippen LogP contribution in [0.15, 0.2) is 23.1 Å². The molecule has 0 saturated heterocycles. The normalized spacial score (nSPS) is 12.3. The highest BCUT2D eigenvalue weighted by Crippen LogP contribution is 2.31. The Bertz CT molecular complexity index is 416. The zero-order valence-electron chi connectivity index (χ0n) is 11.5. The highest BCUT2D eigenvalue weighted by atomic mass is 32.2. The standard InChI is InChI=1S/C14H20O3S/c1-9(2)13(14(15)17-5)18-11-6-7-12(16-4)10(3)8-11/h6-9,13H,1-5H3. The van der Waals surface area contributed by atoms with Gasteiger partial charge in [0, 0.05) is 4.90 Å². The van der Waals surface area contributed by atoms with Crippen LogP contribution in [0.4, 0.5) is 0 Å². The summed E-state index contributed by atoms with van der Waals surface area (Å²) in [5.74, 6) is 0.909. The maximum Gasteiger partial charge on any atom is 0.319 e. The molecule has 1 aromatic carbocycles. The van der Waals surface area contributed by atoms with E-state index in [1.54, 1.807) is 7.11 Å². The number of carbonyl (C=O) groups excluding carboxylic acids is 1. The third-order valence-electron chi connectivity index (χ3n) is 2.67. The van der Waals surface area contributed by atoms with E-state index in [1.165, 1.54) is 18.9 Å². The molecule has 1 unspecified atom stereocenters. The summed E-state index contributed by atoms with van der Waals surface area (Å²) in [5.41, 5.74) is 1.06. The van der Waals surface area contributed by atoms with Crippen molar-refractivity contribution in [2.24, 2.45) is 5.92 Å². The maximum atomic E-state index is 11.7. The summed E-state index contributed by atoms with van der Waals surface area (Å²) in [6.45, 7) is 6.03. The van der Waals surface area contributed by atoms with Crippen molar-refractivity contribution in [3.8, 4) is 5.75 Å². The first kappa shape index (κ1) is 14.9. The number of aryl methyl sites for hydroxylation is 1. The first-order valence-electron chi connectivity index (χ1n) is 5.88. The number of hydrogen-bond acceptors (Lipinski definition) is 4. The van der Waals surface area contributed by atoms with Crippen LogP contribution in [0.5, 0.6) is 5.75 Å². The molecule has 1 aromatic rings. The number of benzene rings is 1. The molecule has 1 rings (SSSR count). The van der Waals surface area contributed by atoms with Gasteiger partial charge in [0.05, 0.1) is 14.2 Å². The third kappa shape index (κ3) is 3.67. The second kappa shape index (κ2) is 6.69. The van der Waals surface area contributed by atoms with Gasteiger partial charge >= 0.3 is 5.97 Å². The summed E-state index contributed by atoms with van der Waals surface area (Å²) >= 11 is 1.53. The lowest BCUT2D eigenvalue weighted by atomic mass is 10.1. The van der Waals surface area contributed by atoms with Gasteiger partial charge in [-0.2, -0.15) is 0 Å². The van der Waals surface area contributed by atoms with E-state index in [1.807, 2.05) is 39.0 Å². The second-order valence-corrected chi connectivity index (χ2v) is 5.65. The van der Waals surface area contributed by atoms with Gasteiger partial charge < -0.3 is 9.47 Å². The fourth-order valence-corrected chi connectivity index (χ4v) is 2.79. The molecule has 3 nitrogen and oxygen atoms in total. The Labute approximate surface area is 113 Å². The fourth-order valence-electron chi connectivity index (χ4n) is 1.64. The molecule has 0 spiro atoms. The van der Waals surface area contributed by atoms with Crippen LogP contribution in [0.2, 0.25) is 0 Å². The van der Waals surface area contributed by atoms with E-state index in [0.29, 0.717) is 0 Å². The molecular formula is C14H20O3S. The molecule has 0 radical (unpaired) electrons. The van der Waals surface area contributed by atoms with Gasteiger partial charge in [0.1, 0.15) is 11.0 Å². The van der Waals surface area contributed by atoms with E-state index >= 15 is 0 Å². The van der Waals surface area contributed by atoms with E-state index in [9.17, 15) is 4.79 Å². The van der Waals surface area contributed by atoms with Crippen molar-refractivity contribution < 1.29 is 14.3 Å². The minimum Gasteiger partial charge on any atom is -0.496 e. The lowest BCUT2D eigenvalue weighted by Gasteiger charge is -2.18. The molecule has 0 heterocycles. The molecule has 4 heteroatoms. The van der Waals surface area contributed by atoms with Crippen molar-refractivity contribution in [3.05, 3.63) is 23.8 Å². The van der Waals surface area contributed by atoms with Crippen LogP contribution >= 0.6 is 11.8 Å². The summed E-state index contributed by atoms with van der Waals surface area (Å²) in [7, 11) is 3.08. The highest BCUT2D eigenvalue weighted by molar-refractivity contribution is 8.00. The number of carbonyl (C=O) groups is 1. The first-order valence-corrected chi connectivity index (χ1v) is 6.76. The van der Waals surface area contributed by atoms with Gasteiger partial charge in [0.25, 0.3) is 0 Å².